The third kappa shape index (κ3) is 30.4. The highest BCUT2D eigenvalue weighted by atomic mass is 16.4. The number of hydrogen-bond acceptors (Lipinski definition) is 20. The molecule has 0 bridgehead atoms. The lowest BCUT2D eigenvalue weighted by Gasteiger charge is -2.34. The first-order chi connectivity index (χ1) is 45.9. The number of carbonyl (C=O) groups excluding carboxylic acids is 15. The molecule has 2 heterocycles. The first-order valence-corrected chi connectivity index (χ1v) is 32.6. The van der Waals surface area contributed by atoms with Gasteiger partial charge in [-0.05, 0) is 102 Å². The van der Waals surface area contributed by atoms with Crippen LogP contribution in [0.1, 0.15) is 145 Å². The van der Waals surface area contributed by atoms with Crippen molar-refractivity contribution in [3.8, 4) is 0 Å². The topological polar surface area (TPSA) is 629 Å². The maximum absolute atomic E-state index is 14.7. The number of carboxylic acid groups (broad SMARTS) is 1. The van der Waals surface area contributed by atoms with Crippen molar-refractivity contribution >= 4 is 101 Å². The molecule has 12 atom stereocenters. The van der Waals surface area contributed by atoms with Gasteiger partial charge in [-0.1, -0.05) is 41.5 Å². The molecule has 15 amide bonds. The smallest absolute Gasteiger partial charge is 0.326 e. The summed E-state index contributed by atoms with van der Waals surface area (Å²) in [5.41, 5.74) is 32.3. The maximum Gasteiger partial charge on any atom is 0.326 e. The van der Waals surface area contributed by atoms with Gasteiger partial charge in [-0.3, -0.25) is 76.9 Å². The van der Waals surface area contributed by atoms with Crippen LogP contribution in [0.4, 0.5) is 0 Å². The quantitative estimate of drug-likeness (QED) is 0.0153. The van der Waals surface area contributed by atoms with Gasteiger partial charge in [0.15, 0.2) is 5.96 Å². The number of aliphatic imine (C=N–C) groups is 1. The van der Waals surface area contributed by atoms with Crippen molar-refractivity contribution in [1.29, 1.82) is 0 Å². The number of carbonyl (C=O) groups is 16. The molecule has 38 heteroatoms. The summed E-state index contributed by atoms with van der Waals surface area (Å²) in [7, 11) is 0. The number of aliphatic hydroxyl groups is 2. The van der Waals surface area contributed by atoms with Gasteiger partial charge < -0.3 is 113 Å². The van der Waals surface area contributed by atoms with Crippen molar-refractivity contribution in [3.63, 3.8) is 0 Å². The summed E-state index contributed by atoms with van der Waals surface area (Å²) in [6.07, 6.45) is -2.76. The van der Waals surface area contributed by atoms with E-state index in [0.717, 1.165) is 6.92 Å². The van der Waals surface area contributed by atoms with E-state index in [1.54, 1.807) is 41.5 Å². The van der Waals surface area contributed by atoms with Gasteiger partial charge in [0, 0.05) is 38.9 Å². The molecule has 0 spiro atoms. The van der Waals surface area contributed by atoms with E-state index >= 15 is 0 Å². The van der Waals surface area contributed by atoms with Crippen LogP contribution >= 0.6 is 0 Å². The molecule has 98 heavy (non-hydrogen) atoms. The summed E-state index contributed by atoms with van der Waals surface area (Å²) in [6.45, 7) is 9.20. The first kappa shape index (κ1) is 84.8. The molecule has 0 unspecified atom stereocenters. The van der Waals surface area contributed by atoms with Crippen LogP contribution in [0, 0.1) is 17.8 Å². The third-order valence-electron chi connectivity index (χ3n) is 15.6. The van der Waals surface area contributed by atoms with Gasteiger partial charge in [-0.25, -0.2) is 4.79 Å². The van der Waals surface area contributed by atoms with E-state index in [1.165, 1.54) is 9.80 Å². The molecule has 25 N–H and O–H groups in total. The maximum atomic E-state index is 14.7. The Labute approximate surface area is 567 Å². The standard InChI is InChI=1S/C60H103N19O19/c1-29(2)23-37(73-53(91)38(24-30(3)4)74-54(92)40(28-80)76-49(87)33(61)14-17-43(62)82)51(89)69-27-47(86)77-48(32(7)81)56(94)72-35(16-19-45(64)84)52(90)75-39(25-31(5)6)57(95)79-22-10-13-42(79)58(96)78-21-9-12-41(78)55(93)71-34(15-18-44(63)83)50(88)68-26-46(85)70-36(59(97)98)11-8-20-67-60(65)66/h29-42,48,80-81H,8-28,61H2,1-7H3,(H2,62,82)(H2,63,83)(H2,64,84)(H,68,88)(H,69,89)(H,70,85)(H,71,93)(H,72,94)(H,73,91)(H,74,92)(H,75,90)(H,76,87)(H,77,86)(H,97,98)(H4,65,66,67)/t32-,33+,34+,35+,36+,37+,38+,39+,40+,41+,42+,48+/m1/s1. The van der Waals surface area contributed by atoms with Gasteiger partial charge in [0.2, 0.25) is 88.6 Å². The highest BCUT2D eigenvalue weighted by molar-refractivity contribution is 6.00. The lowest BCUT2D eigenvalue weighted by molar-refractivity contribution is -0.148. The van der Waals surface area contributed by atoms with E-state index in [-0.39, 0.29) is 108 Å². The number of likely N-dealkylation sites (tertiary alicyclic amines) is 2. The van der Waals surface area contributed by atoms with Crippen molar-refractivity contribution in [2.24, 2.45) is 57.1 Å². The van der Waals surface area contributed by atoms with Crippen LogP contribution in [0.5, 0.6) is 0 Å². The number of hydrogen-bond donors (Lipinski definition) is 19. The van der Waals surface area contributed by atoms with Crippen LogP contribution in [0.3, 0.4) is 0 Å². The summed E-state index contributed by atoms with van der Waals surface area (Å²) in [4.78, 5) is 218. The van der Waals surface area contributed by atoms with E-state index in [1.807, 2.05) is 0 Å². The molecule has 0 saturated carbocycles. The van der Waals surface area contributed by atoms with Gasteiger partial charge in [0.1, 0.15) is 60.4 Å². The Morgan fingerprint density at radius 3 is 1.41 bits per heavy atom. The van der Waals surface area contributed by atoms with Gasteiger partial charge in [-0.2, -0.15) is 0 Å². The fourth-order valence-electron chi connectivity index (χ4n) is 10.7. The van der Waals surface area contributed by atoms with Crippen molar-refractivity contribution in [1.82, 2.24) is 63.0 Å². The Balaban J connectivity index is 2.27. The van der Waals surface area contributed by atoms with Crippen molar-refractivity contribution < 1.29 is 92.0 Å². The van der Waals surface area contributed by atoms with E-state index in [9.17, 15) is 92.0 Å². The van der Waals surface area contributed by atoms with E-state index in [4.69, 9.17) is 34.4 Å². The molecule has 2 aliphatic rings. The molecule has 2 saturated heterocycles. The van der Waals surface area contributed by atoms with Crippen molar-refractivity contribution in [2.45, 2.75) is 217 Å². The number of nitrogens with zero attached hydrogens (tertiary/aromatic N) is 3. The van der Waals surface area contributed by atoms with Crippen LogP contribution in [-0.4, -0.2) is 238 Å². The van der Waals surface area contributed by atoms with Gasteiger partial charge >= 0.3 is 5.97 Å². The predicted molar refractivity (Wildman–Crippen MR) is 349 cm³/mol. The Morgan fingerprint density at radius 2 is 0.908 bits per heavy atom. The fourth-order valence-corrected chi connectivity index (χ4v) is 10.7. The number of guanidine groups is 1. The molecule has 2 fully saturated rings. The number of carboxylic acids is 1. The van der Waals surface area contributed by atoms with E-state index in [2.05, 4.69) is 58.2 Å². The molecule has 552 valence electrons. The molecule has 2 aliphatic heterocycles. The molecule has 0 aromatic rings. The summed E-state index contributed by atoms with van der Waals surface area (Å²) in [6, 6.07) is -15.5. The number of primary amides is 3. The Hall–Kier alpha value is -9.33. The highest BCUT2D eigenvalue weighted by Gasteiger charge is 2.45. The predicted octanol–water partition coefficient (Wildman–Crippen LogP) is -8.15. The lowest BCUT2D eigenvalue weighted by Crippen LogP contribution is -2.61. The minimum Gasteiger partial charge on any atom is -0.480 e. The van der Waals surface area contributed by atoms with Crippen LogP contribution in [0.15, 0.2) is 4.99 Å². The number of rotatable bonds is 44. The normalized spacial score (nSPS) is 17.4. The minimum absolute atomic E-state index is 0.00248. The van der Waals surface area contributed by atoms with Crippen LogP contribution in [0.2, 0.25) is 0 Å². The summed E-state index contributed by atoms with van der Waals surface area (Å²) in [5.74, 6) is -15.6. The van der Waals surface area contributed by atoms with Gasteiger partial charge in [0.05, 0.1) is 31.8 Å². The van der Waals surface area contributed by atoms with Crippen LogP contribution < -0.4 is 87.6 Å². The number of nitrogens with two attached hydrogens (primary N) is 6. The number of nitrogens with one attached hydrogen (secondary N) is 10. The number of amides is 15. The zero-order chi connectivity index (χ0) is 74.3. The van der Waals surface area contributed by atoms with Crippen molar-refractivity contribution in [2.75, 3.05) is 39.3 Å². The SMILES string of the molecule is CC(C)C[C@H](NC(=O)[C@H](CC(C)C)NC(=O)[C@H](CO)NC(=O)[C@@H](N)CCC(N)=O)C(=O)NCC(=O)N[C@H](C(=O)N[C@@H](CCC(N)=O)C(=O)N[C@@H](CC(C)C)C(=O)N1CCC[C@H]1C(=O)N1CCC[C@H]1C(=O)N[C@@H](CCC(N)=O)C(=O)NCC(=O)N[C@@H](CCCN=C(N)N)C(=O)O)[C@@H](C)O. The molecule has 0 radical (unpaired) electrons. The van der Waals surface area contributed by atoms with E-state index in [0.29, 0.717) is 12.8 Å². The Kier molecular flexibility index (Phi) is 36.6. The summed E-state index contributed by atoms with van der Waals surface area (Å²) in [5, 5.41) is 54.5. The second-order valence-corrected chi connectivity index (χ2v) is 25.6. The Morgan fingerprint density at radius 1 is 0.480 bits per heavy atom. The van der Waals surface area contributed by atoms with Crippen LogP contribution in [-0.2, 0) is 76.7 Å². The molecule has 0 aliphatic carbocycles. The van der Waals surface area contributed by atoms with Gasteiger partial charge in [-0.15, -0.1) is 0 Å². The largest absolute Gasteiger partial charge is 0.480 e. The van der Waals surface area contributed by atoms with Gasteiger partial charge in [0.25, 0.3) is 0 Å². The minimum atomic E-state index is -1.83. The average molecular weight is 1390 g/mol. The van der Waals surface area contributed by atoms with Crippen LogP contribution in [0.25, 0.3) is 0 Å². The molecule has 0 aromatic carbocycles. The molecule has 0 aromatic heterocycles. The zero-order valence-electron chi connectivity index (χ0n) is 56.7. The highest BCUT2D eigenvalue weighted by Crippen LogP contribution is 2.27. The summed E-state index contributed by atoms with van der Waals surface area (Å²) >= 11 is 0. The Bertz CT molecular complexity index is 2850. The second kappa shape index (κ2) is 42.4. The number of aliphatic hydroxyl groups excluding tert-OH is 2. The fraction of sp³-hybridized carbons (Fsp3) is 0.717. The monoisotopic (exact) mass is 1390 g/mol. The molecule has 2 rings (SSSR count). The van der Waals surface area contributed by atoms with E-state index < -0.39 is 206 Å². The third-order valence-corrected chi connectivity index (χ3v) is 15.6. The lowest BCUT2D eigenvalue weighted by atomic mass is 9.99. The molecular weight excluding hydrogens is 1290 g/mol. The summed E-state index contributed by atoms with van der Waals surface area (Å²) < 4.78 is 0. The van der Waals surface area contributed by atoms with Crippen molar-refractivity contribution in [3.05, 3.63) is 0 Å². The molecular formula is C60H103N19O19. The molecule has 38 nitrogen and oxygen atoms in total. The first-order valence-electron chi connectivity index (χ1n) is 32.6. The average Bonchev–Trinajstić information content (AvgIpc) is 1.64. The zero-order valence-corrected chi connectivity index (χ0v) is 56.7. The number of aliphatic carboxylic acids is 1. The second-order valence-electron chi connectivity index (χ2n) is 25.6.